The van der Waals surface area contributed by atoms with Gasteiger partial charge in [0.2, 0.25) is 0 Å². The third-order valence-electron chi connectivity index (χ3n) is 4.36. The summed E-state index contributed by atoms with van der Waals surface area (Å²) < 4.78 is 6.03. The van der Waals surface area contributed by atoms with Crippen LogP contribution in [0, 0.1) is 0 Å². The van der Waals surface area contributed by atoms with Gasteiger partial charge in [-0.3, -0.25) is 0 Å². The Morgan fingerprint density at radius 3 is 2.29 bits per heavy atom. The first-order chi connectivity index (χ1) is 9.86. The third-order valence-corrected chi connectivity index (χ3v) is 4.36. The first-order valence-electron chi connectivity index (χ1n) is 8.03. The molecule has 3 nitrogen and oxygen atoms in total. The number of benzene rings is 1. The minimum absolute atomic E-state index is 0.0342. The van der Waals surface area contributed by atoms with Gasteiger partial charge in [-0.25, -0.2) is 0 Å². The van der Waals surface area contributed by atoms with Gasteiger partial charge in [-0.15, -0.1) is 0 Å². The Morgan fingerprint density at radius 2 is 1.81 bits per heavy atom. The van der Waals surface area contributed by atoms with Crippen LogP contribution in [-0.2, 0) is 0 Å². The lowest BCUT2D eigenvalue weighted by atomic mass is 9.83. The van der Waals surface area contributed by atoms with Crippen molar-refractivity contribution >= 4 is 0 Å². The topological polar surface area (TPSA) is 24.5 Å². The van der Waals surface area contributed by atoms with E-state index in [-0.39, 0.29) is 17.7 Å². The normalized spacial score (nSPS) is 16.0. The highest BCUT2D eigenvalue weighted by Gasteiger charge is 2.36. The fourth-order valence-electron chi connectivity index (χ4n) is 2.73. The summed E-state index contributed by atoms with van der Waals surface area (Å²) in [7, 11) is 4.31. The highest BCUT2D eigenvalue weighted by Crippen LogP contribution is 2.37. The van der Waals surface area contributed by atoms with Crippen LogP contribution in [0.25, 0.3) is 0 Å². The summed E-state index contributed by atoms with van der Waals surface area (Å²) in [4.78, 5) is 2.31. The molecule has 0 radical (unpaired) electrons. The summed E-state index contributed by atoms with van der Waals surface area (Å²) in [5.41, 5.74) is 1.28. The second kappa shape index (κ2) is 7.81. The highest BCUT2D eigenvalue weighted by molar-refractivity contribution is 5.38. The van der Waals surface area contributed by atoms with Crippen LogP contribution in [0.1, 0.15) is 52.6 Å². The van der Waals surface area contributed by atoms with Crippen molar-refractivity contribution in [1.29, 1.82) is 0 Å². The molecule has 0 bridgehead atoms. The Hall–Kier alpha value is -1.06. The Kier molecular flexibility index (Phi) is 6.69. The second-order valence-electron chi connectivity index (χ2n) is 6.30. The van der Waals surface area contributed by atoms with Gasteiger partial charge in [0, 0.05) is 11.1 Å². The van der Waals surface area contributed by atoms with Crippen LogP contribution in [0.15, 0.2) is 24.3 Å². The quantitative estimate of drug-likeness (QED) is 0.787. The smallest absolute Gasteiger partial charge is 0.124 e. The molecule has 0 saturated heterocycles. The van der Waals surface area contributed by atoms with Crippen molar-refractivity contribution in [2.75, 3.05) is 20.6 Å². The molecule has 1 rings (SSSR count). The highest BCUT2D eigenvalue weighted by atomic mass is 16.5. The first kappa shape index (κ1) is 18.0. The minimum atomic E-state index is 0.0342. The van der Waals surface area contributed by atoms with Gasteiger partial charge >= 0.3 is 0 Å². The van der Waals surface area contributed by atoms with Crippen LogP contribution in [-0.4, -0.2) is 37.2 Å². The van der Waals surface area contributed by atoms with Crippen molar-refractivity contribution in [3.63, 3.8) is 0 Å². The minimum Gasteiger partial charge on any atom is -0.491 e. The Balaban J connectivity index is 3.28. The summed E-state index contributed by atoms with van der Waals surface area (Å²) >= 11 is 0. The summed E-state index contributed by atoms with van der Waals surface area (Å²) in [6, 6.07) is 8.63. The molecule has 0 fully saturated rings. The summed E-state index contributed by atoms with van der Waals surface area (Å²) in [5, 5.41) is 3.66. The van der Waals surface area contributed by atoms with Crippen LogP contribution in [0.5, 0.6) is 5.75 Å². The number of para-hydroxylation sites is 1. The lowest BCUT2D eigenvalue weighted by molar-refractivity contribution is 0.110. The predicted octanol–water partition coefficient (Wildman–Crippen LogP) is 3.85. The fraction of sp³-hybridized carbons (Fsp3) is 0.667. The van der Waals surface area contributed by atoms with E-state index in [1.165, 1.54) is 5.56 Å². The molecule has 0 spiro atoms. The molecule has 0 aromatic heterocycles. The fourth-order valence-corrected chi connectivity index (χ4v) is 2.73. The molecule has 0 aliphatic heterocycles. The maximum atomic E-state index is 6.03. The summed E-state index contributed by atoms with van der Waals surface area (Å²) in [6.45, 7) is 11.8. The Morgan fingerprint density at radius 1 is 1.19 bits per heavy atom. The molecule has 2 atom stereocenters. The van der Waals surface area contributed by atoms with E-state index in [9.17, 15) is 0 Å². The van der Waals surface area contributed by atoms with E-state index in [0.29, 0.717) is 0 Å². The van der Waals surface area contributed by atoms with E-state index < -0.39 is 0 Å². The molecule has 3 heteroatoms. The van der Waals surface area contributed by atoms with Crippen LogP contribution in [0.3, 0.4) is 0 Å². The zero-order valence-corrected chi connectivity index (χ0v) is 14.7. The summed E-state index contributed by atoms with van der Waals surface area (Å²) in [6.07, 6.45) is 1.24. The van der Waals surface area contributed by atoms with Crippen molar-refractivity contribution in [1.82, 2.24) is 10.2 Å². The molecule has 0 amide bonds. The van der Waals surface area contributed by atoms with Crippen LogP contribution in [0.2, 0.25) is 0 Å². The number of ether oxygens (including phenoxy) is 1. The lowest BCUT2D eigenvalue weighted by Gasteiger charge is -2.43. The molecular formula is C18H32N2O. The van der Waals surface area contributed by atoms with Gasteiger partial charge < -0.3 is 15.0 Å². The number of nitrogens with zero attached hydrogens (tertiary/aromatic N) is 1. The standard InChI is InChI=1S/C18H32N2O/c1-8-18(5,20(6)7)17(19-9-2)15-12-10-11-13-16(15)21-14(3)4/h10-14,17,19H,8-9H2,1-7H3. The van der Waals surface area contributed by atoms with Crippen molar-refractivity contribution < 1.29 is 4.74 Å². The SMILES string of the molecule is CCNC(c1ccccc1OC(C)C)C(C)(CC)N(C)C. The van der Waals surface area contributed by atoms with Gasteiger partial charge in [-0.05, 0) is 53.9 Å². The van der Waals surface area contributed by atoms with E-state index in [1.54, 1.807) is 0 Å². The Labute approximate surface area is 130 Å². The van der Waals surface area contributed by atoms with E-state index in [0.717, 1.165) is 18.7 Å². The van der Waals surface area contributed by atoms with E-state index in [1.807, 2.05) is 6.07 Å². The maximum absolute atomic E-state index is 6.03. The average Bonchev–Trinajstić information content (AvgIpc) is 2.44. The predicted molar refractivity (Wildman–Crippen MR) is 91.0 cm³/mol. The Bertz CT molecular complexity index is 431. The lowest BCUT2D eigenvalue weighted by Crippen LogP contribution is -2.51. The molecule has 0 aliphatic rings. The molecule has 0 saturated carbocycles. The van der Waals surface area contributed by atoms with Gasteiger partial charge in [0.05, 0.1) is 12.1 Å². The maximum Gasteiger partial charge on any atom is 0.124 e. The zero-order chi connectivity index (χ0) is 16.0. The molecule has 1 aromatic rings. The molecular weight excluding hydrogens is 260 g/mol. The van der Waals surface area contributed by atoms with Crippen LogP contribution >= 0.6 is 0 Å². The molecule has 1 N–H and O–H groups in total. The molecule has 120 valence electrons. The summed E-state index contributed by atoms with van der Waals surface area (Å²) in [5.74, 6) is 0.986. The molecule has 21 heavy (non-hydrogen) atoms. The van der Waals surface area contributed by atoms with E-state index in [4.69, 9.17) is 4.74 Å². The van der Waals surface area contributed by atoms with E-state index in [2.05, 4.69) is 77.1 Å². The molecule has 1 aromatic carbocycles. The number of rotatable bonds is 8. The van der Waals surface area contributed by atoms with Crippen molar-refractivity contribution in [3.05, 3.63) is 29.8 Å². The number of hydrogen-bond donors (Lipinski definition) is 1. The van der Waals surface area contributed by atoms with Gasteiger partial charge in [0.25, 0.3) is 0 Å². The first-order valence-corrected chi connectivity index (χ1v) is 8.03. The number of likely N-dealkylation sites (N-methyl/N-ethyl adjacent to an activating group) is 2. The van der Waals surface area contributed by atoms with Crippen LogP contribution in [0.4, 0.5) is 0 Å². The largest absolute Gasteiger partial charge is 0.491 e. The van der Waals surface area contributed by atoms with Crippen LogP contribution < -0.4 is 10.1 Å². The van der Waals surface area contributed by atoms with Gasteiger partial charge in [0.15, 0.2) is 0 Å². The molecule has 0 aliphatic carbocycles. The van der Waals surface area contributed by atoms with E-state index >= 15 is 0 Å². The molecule has 2 unspecified atom stereocenters. The average molecular weight is 292 g/mol. The van der Waals surface area contributed by atoms with Gasteiger partial charge in [-0.2, -0.15) is 0 Å². The van der Waals surface area contributed by atoms with Gasteiger partial charge in [-0.1, -0.05) is 32.0 Å². The third kappa shape index (κ3) is 4.21. The monoisotopic (exact) mass is 292 g/mol. The second-order valence-corrected chi connectivity index (χ2v) is 6.30. The van der Waals surface area contributed by atoms with Crippen molar-refractivity contribution in [3.8, 4) is 5.75 Å². The van der Waals surface area contributed by atoms with Gasteiger partial charge in [0.1, 0.15) is 5.75 Å². The number of hydrogen-bond acceptors (Lipinski definition) is 3. The molecule has 0 heterocycles. The zero-order valence-electron chi connectivity index (χ0n) is 14.7. The van der Waals surface area contributed by atoms with Crippen molar-refractivity contribution in [2.45, 2.75) is 58.7 Å². The number of nitrogens with one attached hydrogen (secondary N) is 1. The van der Waals surface area contributed by atoms with Crippen molar-refractivity contribution in [2.24, 2.45) is 0 Å².